The van der Waals surface area contributed by atoms with E-state index in [0.717, 1.165) is 5.39 Å². The summed E-state index contributed by atoms with van der Waals surface area (Å²) in [6, 6.07) is 20.5. The lowest BCUT2D eigenvalue weighted by Crippen LogP contribution is -2.37. The Morgan fingerprint density at radius 1 is 0.694 bits per heavy atom. The molecule has 11 heteroatoms. The molecule has 7 nitrogen and oxygen atoms in total. The summed E-state index contributed by atoms with van der Waals surface area (Å²) < 4.78 is 67.3. The summed E-state index contributed by atoms with van der Waals surface area (Å²) in [5, 5.41) is 1.99. The molecule has 0 N–H and O–H groups in total. The van der Waals surface area contributed by atoms with Crippen molar-refractivity contribution in [2.75, 3.05) is 10.8 Å². The fraction of sp³-hybridized carbons (Fsp3) is 0.0400. The lowest BCUT2D eigenvalue weighted by Gasteiger charge is -2.25. The number of halogens is 2. The number of sulfonamides is 2. The van der Waals surface area contributed by atoms with Crippen LogP contribution in [0.25, 0.3) is 21.9 Å². The van der Waals surface area contributed by atoms with Crippen LogP contribution in [0, 0.1) is 0 Å². The van der Waals surface area contributed by atoms with Gasteiger partial charge in [-0.1, -0.05) is 41.4 Å². The summed E-state index contributed by atoms with van der Waals surface area (Å²) in [4.78, 5) is -0.563. The minimum absolute atomic E-state index is 0.0177. The van der Waals surface area contributed by atoms with Crippen LogP contribution in [0.4, 0.5) is 5.69 Å². The van der Waals surface area contributed by atoms with Gasteiger partial charge < -0.3 is 9.15 Å². The van der Waals surface area contributed by atoms with E-state index in [2.05, 4.69) is 0 Å². The van der Waals surface area contributed by atoms with Crippen LogP contribution in [0.1, 0.15) is 0 Å². The molecule has 0 radical (unpaired) electrons. The van der Waals surface area contributed by atoms with Crippen molar-refractivity contribution in [1.82, 2.24) is 0 Å². The fourth-order valence-electron chi connectivity index (χ4n) is 3.84. The third-order valence-electron chi connectivity index (χ3n) is 5.53. The third-order valence-corrected chi connectivity index (χ3v) is 10.2. The van der Waals surface area contributed by atoms with Crippen LogP contribution in [0.3, 0.4) is 0 Å². The van der Waals surface area contributed by atoms with Crippen molar-refractivity contribution < 1.29 is 26.0 Å². The summed E-state index contributed by atoms with van der Waals surface area (Å²) in [5.41, 5.74) is 0.600. The highest BCUT2D eigenvalue weighted by atomic mass is 35.5. The molecule has 5 aromatic rings. The average molecular weight is 562 g/mol. The summed E-state index contributed by atoms with van der Waals surface area (Å²) in [7, 11) is -8.04. The number of fused-ring (bicyclic) bond motifs is 3. The molecule has 0 atom stereocenters. The number of hydrogen-bond donors (Lipinski definition) is 0. The molecule has 36 heavy (non-hydrogen) atoms. The van der Waals surface area contributed by atoms with Crippen LogP contribution < -0.4 is 8.45 Å². The topological polar surface area (TPSA) is 93.9 Å². The first-order valence-corrected chi connectivity index (χ1v) is 14.1. The Balaban J connectivity index is 1.83. The van der Waals surface area contributed by atoms with Crippen molar-refractivity contribution in [3.63, 3.8) is 0 Å². The number of methoxy groups -OCH3 is 1. The molecular weight excluding hydrogens is 545 g/mol. The number of anilines is 1. The Morgan fingerprint density at radius 3 is 1.75 bits per heavy atom. The molecule has 0 aliphatic carbocycles. The highest BCUT2D eigenvalue weighted by Gasteiger charge is 2.39. The van der Waals surface area contributed by atoms with Crippen LogP contribution in [-0.2, 0) is 20.0 Å². The molecule has 0 bridgehead atoms. The molecule has 0 aliphatic heterocycles. The quantitative estimate of drug-likeness (QED) is 0.235. The Morgan fingerprint density at radius 2 is 1.22 bits per heavy atom. The Labute approximate surface area is 217 Å². The molecule has 0 aliphatic rings. The number of para-hydroxylation sites is 1. The molecule has 4 aromatic carbocycles. The van der Waals surface area contributed by atoms with Gasteiger partial charge >= 0.3 is 0 Å². The van der Waals surface area contributed by atoms with E-state index in [1.807, 2.05) is 12.1 Å². The zero-order chi connectivity index (χ0) is 25.7. The van der Waals surface area contributed by atoms with Gasteiger partial charge in [0.05, 0.1) is 16.9 Å². The maximum atomic E-state index is 13.9. The zero-order valence-corrected chi connectivity index (χ0v) is 21.7. The van der Waals surface area contributed by atoms with Crippen LogP contribution >= 0.6 is 23.2 Å². The number of ether oxygens (including phenoxy) is 1. The smallest absolute Gasteiger partial charge is 0.277 e. The van der Waals surface area contributed by atoms with Crippen LogP contribution in [0.15, 0.2) is 99.1 Å². The van der Waals surface area contributed by atoms with Crippen molar-refractivity contribution in [2.24, 2.45) is 0 Å². The van der Waals surface area contributed by atoms with E-state index in [0.29, 0.717) is 24.7 Å². The normalized spacial score (nSPS) is 12.2. The minimum atomic E-state index is -4.69. The van der Waals surface area contributed by atoms with Gasteiger partial charge in [0.25, 0.3) is 20.0 Å². The molecule has 1 aromatic heterocycles. The SMILES string of the molecule is COc1cc2c(cc1N(S(=O)(=O)c1ccc(Cl)cc1)S(=O)(=O)c1ccc(Cl)cc1)oc1ccccc12. The summed E-state index contributed by atoms with van der Waals surface area (Å²) in [6.07, 6.45) is 0. The van der Waals surface area contributed by atoms with Gasteiger partial charge in [-0.3, -0.25) is 0 Å². The maximum Gasteiger partial charge on any atom is 0.277 e. The van der Waals surface area contributed by atoms with Crippen LogP contribution in [-0.4, -0.2) is 23.9 Å². The van der Waals surface area contributed by atoms with Gasteiger partial charge in [0.1, 0.15) is 22.6 Å². The zero-order valence-electron chi connectivity index (χ0n) is 18.6. The molecule has 0 fully saturated rings. The second-order valence-corrected chi connectivity index (χ2v) is 12.4. The van der Waals surface area contributed by atoms with E-state index in [4.69, 9.17) is 32.4 Å². The molecule has 0 saturated carbocycles. The second kappa shape index (κ2) is 9.01. The number of hydrogen-bond acceptors (Lipinski definition) is 6. The number of furan rings is 1. The van der Waals surface area contributed by atoms with E-state index in [-0.39, 0.29) is 26.8 Å². The fourth-order valence-corrected chi connectivity index (χ4v) is 7.79. The van der Waals surface area contributed by atoms with Gasteiger partial charge in [0.15, 0.2) is 0 Å². The van der Waals surface area contributed by atoms with Crippen molar-refractivity contribution in [2.45, 2.75) is 9.79 Å². The van der Waals surface area contributed by atoms with E-state index in [1.54, 1.807) is 18.2 Å². The molecule has 184 valence electrons. The summed E-state index contributed by atoms with van der Waals surface area (Å²) in [5.74, 6) is 0.0177. The summed E-state index contributed by atoms with van der Waals surface area (Å²) >= 11 is 11.9. The molecule has 0 unspecified atom stereocenters. The van der Waals surface area contributed by atoms with Gasteiger partial charge in [-0.05, 0) is 60.7 Å². The second-order valence-electron chi connectivity index (χ2n) is 7.73. The van der Waals surface area contributed by atoms with Crippen molar-refractivity contribution in [1.29, 1.82) is 0 Å². The van der Waals surface area contributed by atoms with Crippen molar-refractivity contribution in [3.05, 3.63) is 95.0 Å². The number of benzene rings is 4. The van der Waals surface area contributed by atoms with Gasteiger partial charge in [0.2, 0.25) is 0 Å². The average Bonchev–Trinajstić information content (AvgIpc) is 3.21. The van der Waals surface area contributed by atoms with Gasteiger partial charge in [0, 0.05) is 26.9 Å². The minimum Gasteiger partial charge on any atom is -0.494 e. The Bertz CT molecular complexity index is 1740. The predicted octanol–water partition coefficient (Wildman–Crippen LogP) is 6.49. The Hall–Kier alpha value is -3.24. The van der Waals surface area contributed by atoms with E-state index < -0.39 is 20.0 Å². The predicted molar refractivity (Wildman–Crippen MR) is 140 cm³/mol. The highest BCUT2D eigenvalue weighted by molar-refractivity contribution is 8.10. The van der Waals surface area contributed by atoms with Crippen molar-refractivity contribution >= 4 is 70.9 Å². The van der Waals surface area contributed by atoms with Gasteiger partial charge in [-0.25, -0.2) is 16.8 Å². The molecular formula is C25H17Cl2NO6S2. The molecule has 0 amide bonds. The molecule has 5 rings (SSSR count). The first-order valence-electron chi connectivity index (χ1n) is 10.4. The monoisotopic (exact) mass is 561 g/mol. The standard InChI is InChI=1S/C25H17Cl2NO6S2/c1-33-25-14-21-20-4-2-3-5-23(20)34-24(21)15-22(25)28(35(29,30)18-10-6-16(26)7-11-18)36(31,32)19-12-8-17(27)9-13-19/h2-15H,1H3. The van der Waals surface area contributed by atoms with Crippen LogP contribution in [0.5, 0.6) is 5.75 Å². The van der Waals surface area contributed by atoms with Gasteiger partial charge in [-0.15, -0.1) is 0 Å². The summed E-state index contributed by atoms with van der Waals surface area (Å²) in [6.45, 7) is 0. The van der Waals surface area contributed by atoms with Crippen molar-refractivity contribution in [3.8, 4) is 5.75 Å². The Kier molecular flexibility index (Phi) is 6.12. The molecule has 1 heterocycles. The third kappa shape index (κ3) is 4.08. The van der Waals surface area contributed by atoms with E-state index >= 15 is 0 Å². The lowest BCUT2D eigenvalue weighted by molar-refractivity contribution is 0.416. The molecule has 0 saturated heterocycles. The largest absolute Gasteiger partial charge is 0.494 e. The number of rotatable bonds is 6. The van der Waals surface area contributed by atoms with E-state index in [9.17, 15) is 16.8 Å². The first-order chi connectivity index (χ1) is 17.1. The first kappa shape index (κ1) is 24.5. The van der Waals surface area contributed by atoms with Crippen LogP contribution in [0.2, 0.25) is 10.0 Å². The number of nitrogens with zero attached hydrogens (tertiary/aromatic N) is 1. The maximum absolute atomic E-state index is 13.9. The molecule has 0 spiro atoms. The lowest BCUT2D eigenvalue weighted by atomic mass is 10.1. The highest BCUT2D eigenvalue weighted by Crippen LogP contribution is 2.42. The van der Waals surface area contributed by atoms with Gasteiger partial charge in [-0.2, -0.15) is 3.71 Å². The van der Waals surface area contributed by atoms with E-state index in [1.165, 1.54) is 61.7 Å².